The van der Waals surface area contributed by atoms with Crippen LogP contribution in [0.5, 0.6) is 0 Å². The van der Waals surface area contributed by atoms with E-state index in [2.05, 4.69) is 44.3 Å². The number of halogens is 1. The van der Waals surface area contributed by atoms with Crippen LogP contribution in [0.4, 0.5) is 5.69 Å². The van der Waals surface area contributed by atoms with Gasteiger partial charge in [-0.05, 0) is 25.1 Å². The molecule has 5 nitrogen and oxygen atoms in total. The molecule has 1 aromatic rings. The number of carbonyl (C=O) groups is 1. The third-order valence-corrected chi connectivity index (χ3v) is 4.05. The molecular weight excluding hydrogens is 296 g/mol. The quantitative estimate of drug-likeness (QED) is 0.626. The van der Waals surface area contributed by atoms with Crippen LogP contribution in [0.3, 0.4) is 0 Å². The van der Waals surface area contributed by atoms with Crippen molar-refractivity contribution in [1.29, 1.82) is 0 Å². The molecular formula is C12H15BrN4O. The summed E-state index contributed by atoms with van der Waals surface area (Å²) in [5, 5.41) is 6.42. The molecule has 96 valence electrons. The molecule has 2 aliphatic heterocycles. The number of hydrazine groups is 1. The van der Waals surface area contributed by atoms with Crippen molar-refractivity contribution in [2.45, 2.75) is 19.1 Å². The van der Waals surface area contributed by atoms with Crippen LogP contribution in [-0.4, -0.2) is 24.7 Å². The molecule has 3 unspecified atom stereocenters. The van der Waals surface area contributed by atoms with Gasteiger partial charge < -0.3 is 10.6 Å². The van der Waals surface area contributed by atoms with E-state index in [1.54, 1.807) is 0 Å². The number of anilines is 1. The summed E-state index contributed by atoms with van der Waals surface area (Å²) in [6, 6.07) is 6.03. The average Bonchev–Trinajstić information content (AvgIpc) is 2.76. The Morgan fingerprint density at radius 3 is 2.89 bits per heavy atom. The monoisotopic (exact) mass is 310 g/mol. The highest BCUT2D eigenvalue weighted by atomic mass is 79.9. The SMILES string of the molecule is CC1NNCC1C1NC(=O)c2cc(Br)ccc2N1. The molecule has 3 atom stereocenters. The number of benzene rings is 1. The Labute approximate surface area is 114 Å². The summed E-state index contributed by atoms with van der Waals surface area (Å²) in [6.07, 6.45) is -0.0383. The molecule has 6 heteroatoms. The van der Waals surface area contributed by atoms with Gasteiger partial charge in [-0.3, -0.25) is 15.6 Å². The molecule has 1 saturated heterocycles. The van der Waals surface area contributed by atoms with Gasteiger partial charge in [0.2, 0.25) is 0 Å². The van der Waals surface area contributed by atoms with Crippen molar-refractivity contribution in [3.05, 3.63) is 28.2 Å². The van der Waals surface area contributed by atoms with Gasteiger partial charge in [0.25, 0.3) is 5.91 Å². The highest BCUT2D eigenvalue weighted by molar-refractivity contribution is 9.10. The zero-order valence-electron chi connectivity index (χ0n) is 9.96. The summed E-state index contributed by atoms with van der Waals surface area (Å²) in [5.74, 6) is 0.305. The largest absolute Gasteiger partial charge is 0.364 e. The van der Waals surface area contributed by atoms with Gasteiger partial charge in [0.1, 0.15) is 6.17 Å². The highest BCUT2D eigenvalue weighted by Crippen LogP contribution is 2.27. The fraction of sp³-hybridized carbons (Fsp3) is 0.417. The lowest BCUT2D eigenvalue weighted by molar-refractivity contribution is 0.0922. The molecule has 0 spiro atoms. The van der Waals surface area contributed by atoms with E-state index in [1.807, 2.05) is 18.2 Å². The van der Waals surface area contributed by atoms with Crippen LogP contribution in [0, 0.1) is 5.92 Å². The van der Waals surface area contributed by atoms with Crippen molar-refractivity contribution in [2.24, 2.45) is 5.92 Å². The second-order valence-corrected chi connectivity index (χ2v) is 5.68. The van der Waals surface area contributed by atoms with Crippen molar-refractivity contribution in [3.8, 4) is 0 Å². The van der Waals surface area contributed by atoms with Crippen LogP contribution >= 0.6 is 15.9 Å². The fourth-order valence-corrected chi connectivity index (χ4v) is 2.86. The zero-order valence-corrected chi connectivity index (χ0v) is 11.5. The average molecular weight is 311 g/mol. The van der Waals surface area contributed by atoms with Gasteiger partial charge in [-0.2, -0.15) is 0 Å². The zero-order chi connectivity index (χ0) is 12.7. The van der Waals surface area contributed by atoms with E-state index in [4.69, 9.17) is 0 Å². The first-order chi connectivity index (χ1) is 8.65. The topological polar surface area (TPSA) is 65.2 Å². The molecule has 1 fully saturated rings. The van der Waals surface area contributed by atoms with E-state index < -0.39 is 0 Å². The molecule has 3 rings (SSSR count). The van der Waals surface area contributed by atoms with Gasteiger partial charge in [0, 0.05) is 28.7 Å². The van der Waals surface area contributed by atoms with Crippen molar-refractivity contribution in [1.82, 2.24) is 16.2 Å². The number of hydrogen-bond acceptors (Lipinski definition) is 4. The van der Waals surface area contributed by atoms with E-state index in [-0.39, 0.29) is 12.1 Å². The van der Waals surface area contributed by atoms with Gasteiger partial charge in [0.15, 0.2) is 0 Å². The van der Waals surface area contributed by atoms with Crippen LogP contribution in [0.2, 0.25) is 0 Å². The maximum absolute atomic E-state index is 12.1. The van der Waals surface area contributed by atoms with Gasteiger partial charge in [-0.25, -0.2) is 0 Å². The third-order valence-electron chi connectivity index (χ3n) is 3.56. The highest BCUT2D eigenvalue weighted by Gasteiger charge is 2.35. The first kappa shape index (κ1) is 12.0. The minimum atomic E-state index is -0.0383. The number of carbonyl (C=O) groups excluding carboxylic acids is 1. The Bertz CT molecular complexity index is 493. The van der Waals surface area contributed by atoms with Gasteiger partial charge >= 0.3 is 0 Å². The summed E-state index contributed by atoms with van der Waals surface area (Å²) in [5.41, 5.74) is 7.87. The van der Waals surface area contributed by atoms with Crippen molar-refractivity contribution < 1.29 is 4.79 Å². The molecule has 0 bridgehead atoms. The minimum Gasteiger partial charge on any atom is -0.364 e. The molecule has 4 N–H and O–H groups in total. The Balaban J connectivity index is 1.87. The molecule has 18 heavy (non-hydrogen) atoms. The summed E-state index contributed by atoms with van der Waals surface area (Å²) in [4.78, 5) is 12.1. The third kappa shape index (κ3) is 2.00. The van der Waals surface area contributed by atoms with Crippen molar-refractivity contribution in [3.63, 3.8) is 0 Å². The smallest absolute Gasteiger partial charge is 0.255 e. The van der Waals surface area contributed by atoms with E-state index in [1.165, 1.54) is 0 Å². The van der Waals surface area contributed by atoms with Gasteiger partial charge in [-0.15, -0.1) is 0 Å². The predicted molar refractivity (Wildman–Crippen MR) is 73.1 cm³/mol. The van der Waals surface area contributed by atoms with Gasteiger partial charge in [0.05, 0.1) is 5.56 Å². The van der Waals surface area contributed by atoms with E-state index in [9.17, 15) is 4.79 Å². The number of hydrogen-bond donors (Lipinski definition) is 4. The van der Waals surface area contributed by atoms with E-state index in [0.717, 1.165) is 16.7 Å². The van der Waals surface area contributed by atoms with E-state index >= 15 is 0 Å². The summed E-state index contributed by atoms with van der Waals surface area (Å²) < 4.78 is 0.911. The molecule has 2 aliphatic rings. The van der Waals surface area contributed by atoms with Crippen LogP contribution in [0.25, 0.3) is 0 Å². The molecule has 1 aromatic carbocycles. The number of rotatable bonds is 1. The van der Waals surface area contributed by atoms with Crippen molar-refractivity contribution in [2.75, 3.05) is 11.9 Å². The molecule has 0 radical (unpaired) electrons. The van der Waals surface area contributed by atoms with Crippen LogP contribution in [0.1, 0.15) is 17.3 Å². The van der Waals surface area contributed by atoms with Crippen LogP contribution in [-0.2, 0) is 0 Å². The second-order valence-electron chi connectivity index (χ2n) is 4.76. The summed E-state index contributed by atoms with van der Waals surface area (Å²) in [7, 11) is 0. The lowest BCUT2D eigenvalue weighted by Gasteiger charge is -2.33. The minimum absolute atomic E-state index is 0.0193. The Kier molecular flexibility index (Phi) is 3.01. The van der Waals surface area contributed by atoms with Gasteiger partial charge in [-0.1, -0.05) is 15.9 Å². The standard InChI is InChI=1S/C12H15BrN4O/c1-6-9(5-14-17-6)11-15-10-3-2-7(13)4-8(10)12(18)16-11/h2-4,6,9,11,14-15,17H,5H2,1H3,(H,16,18). The normalized spacial score (nSPS) is 30.6. The first-order valence-corrected chi connectivity index (χ1v) is 6.80. The Morgan fingerprint density at radius 2 is 2.17 bits per heavy atom. The molecule has 2 heterocycles. The first-order valence-electron chi connectivity index (χ1n) is 6.00. The van der Waals surface area contributed by atoms with Crippen LogP contribution in [0.15, 0.2) is 22.7 Å². The predicted octanol–water partition coefficient (Wildman–Crippen LogP) is 1.04. The lowest BCUT2D eigenvalue weighted by Crippen LogP contribution is -2.52. The fourth-order valence-electron chi connectivity index (χ4n) is 2.49. The van der Waals surface area contributed by atoms with E-state index in [0.29, 0.717) is 17.5 Å². The second kappa shape index (κ2) is 4.53. The number of fused-ring (bicyclic) bond motifs is 1. The maximum Gasteiger partial charge on any atom is 0.255 e. The maximum atomic E-state index is 12.1. The summed E-state index contributed by atoms with van der Waals surface area (Å²) >= 11 is 3.38. The van der Waals surface area contributed by atoms with Crippen LogP contribution < -0.4 is 21.5 Å². The molecule has 0 aliphatic carbocycles. The number of nitrogens with one attached hydrogen (secondary N) is 4. The number of amides is 1. The summed E-state index contributed by atoms with van der Waals surface area (Å²) in [6.45, 7) is 2.95. The molecule has 0 aromatic heterocycles. The lowest BCUT2D eigenvalue weighted by atomic mass is 9.97. The molecule has 1 amide bonds. The van der Waals surface area contributed by atoms with Crippen molar-refractivity contribution >= 4 is 27.5 Å². The Hall–Kier alpha value is -1.11. The molecule has 0 saturated carbocycles. The Morgan fingerprint density at radius 1 is 1.33 bits per heavy atom.